The van der Waals surface area contributed by atoms with E-state index in [1.54, 1.807) is 6.07 Å². The molecule has 0 aromatic carbocycles. The number of pyridine rings is 1. The summed E-state index contributed by atoms with van der Waals surface area (Å²) in [5.74, 6) is -0.308. The highest BCUT2D eigenvalue weighted by Gasteiger charge is 2.08. The summed E-state index contributed by atoms with van der Waals surface area (Å²) in [7, 11) is 0. The second-order valence-electron chi connectivity index (χ2n) is 2.89. The number of rotatable bonds is 2. The van der Waals surface area contributed by atoms with Crippen molar-refractivity contribution in [1.82, 2.24) is 20.2 Å². The van der Waals surface area contributed by atoms with Crippen LogP contribution in [0.1, 0.15) is 10.5 Å². The Morgan fingerprint density at radius 1 is 1.25 bits per heavy atom. The van der Waals surface area contributed by atoms with Crippen LogP contribution in [0.25, 0.3) is 0 Å². The van der Waals surface area contributed by atoms with Crippen LogP contribution in [0.15, 0.2) is 30.7 Å². The van der Waals surface area contributed by atoms with E-state index in [0.717, 1.165) is 0 Å². The van der Waals surface area contributed by atoms with Gasteiger partial charge in [0.05, 0.1) is 12.4 Å². The van der Waals surface area contributed by atoms with E-state index in [9.17, 15) is 4.79 Å². The van der Waals surface area contributed by atoms with Gasteiger partial charge in [-0.15, -0.1) is 5.10 Å². The Morgan fingerprint density at radius 2 is 2.12 bits per heavy atom. The van der Waals surface area contributed by atoms with Crippen molar-refractivity contribution in [2.24, 2.45) is 0 Å². The van der Waals surface area contributed by atoms with Crippen molar-refractivity contribution in [2.75, 3.05) is 11.1 Å². The van der Waals surface area contributed by atoms with E-state index in [-0.39, 0.29) is 11.6 Å². The van der Waals surface area contributed by atoms with Crippen LogP contribution >= 0.6 is 0 Å². The minimum absolute atomic E-state index is 0.122. The highest BCUT2D eigenvalue weighted by molar-refractivity contribution is 6.02. The molecule has 0 aliphatic carbocycles. The van der Waals surface area contributed by atoms with Crippen LogP contribution in [0, 0.1) is 0 Å². The molecular weight excluding hydrogens is 208 g/mol. The smallest absolute Gasteiger partial charge is 0.276 e. The summed E-state index contributed by atoms with van der Waals surface area (Å²) in [5.41, 5.74) is 6.19. The fraction of sp³-hybridized carbons (Fsp3) is 0. The van der Waals surface area contributed by atoms with Gasteiger partial charge in [-0.25, -0.2) is 4.98 Å². The summed E-state index contributed by atoms with van der Waals surface area (Å²) in [4.78, 5) is 19.3. The normalized spacial score (nSPS) is 9.75. The van der Waals surface area contributed by atoms with Gasteiger partial charge in [0.2, 0.25) is 5.95 Å². The van der Waals surface area contributed by atoms with Crippen molar-refractivity contribution in [1.29, 1.82) is 0 Å². The van der Waals surface area contributed by atoms with Crippen LogP contribution in [0.5, 0.6) is 0 Å². The zero-order chi connectivity index (χ0) is 11.4. The molecule has 7 heteroatoms. The number of nitrogen functional groups attached to an aromatic ring is 1. The molecule has 0 saturated heterocycles. The molecule has 1 amide bonds. The summed E-state index contributed by atoms with van der Waals surface area (Å²) >= 11 is 0. The van der Waals surface area contributed by atoms with Crippen molar-refractivity contribution in [3.63, 3.8) is 0 Å². The molecule has 7 nitrogen and oxygen atoms in total. The molecule has 0 aliphatic rings. The Labute approximate surface area is 90.8 Å². The summed E-state index contributed by atoms with van der Waals surface area (Å²) in [5, 5.41) is 9.63. The third-order valence-corrected chi connectivity index (χ3v) is 1.72. The van der Waals surface area contributed by atoms with Gasteiger partial charge < -0.3 is 5.73 Å². The predicted molar refractivity (Wildman–Crippen MR) is 56.4 cm³/mol. The number of hydrogen-bond donors (Lipinski definition) is 2. The first kappa shape index (κ1) is 9.97. The third kappa shape index (κ3) is 2.27. The Balaban J connectivity index is 2.15. The SMILES string of the molecule is Nc1ccnc(C(=O)Nc2nccnn2)c1. The van der Waals surface area contributed by atoms with E-state index in [1.165, 1.54) is 24.7 Å². The highest BCUT2D eigenvalue weighted by Crippen LogP contribution is 2.04. The average Bonchev–Trinajstić information content (AvgIpc) is 2.30. The number of amides is 1. The summed E-state index contributed by atoms with van der Waals surface area (Å²) in [6, 6.07) is 3.06. The lowest BCUT2D eigenvalue weighted by molar-refractivity contribution is 0.102. The number of nitrogens with zero attached hydrogens (tertiary/aromatic N) is 4. The van der Waals surface area contributed by atoms with Crippen molar-refractivity contribution in [3.8, 4) is 0 Å². The maximum absolute atomic E-state index is 11.6. The molecule has 0 fully saturated rings. The fourth-order valence-electron chi connectivity index (χ4n) is 1.04. The molecule has 0 unspecified atom stereocenters. The molecule has 2 rings (SSSR count). The zero-order valence-electron chi connectivity index (χ0n) is 8.16. The van der Waals surface area contributed by atoms with Gasteiger partial charge in [0, 0.05) is 11.9 Å². The molecule has 2 aromatic rings. The predicted octanol–water partition coefficient (Wildman–Crippen LogP) is 0.101. The zero-order valence-corrected chi connectivity index (χ0v) is 8.16. The number of hydrogen-bond acceptors (Lipinski definition) is 6. The molecule has 2 aromatic heterocycles. The number of carbonyl (C=O) groups excluding carboxylic acids is 1. The maximum atomic E-state index is 11.6. The number of carbonyl (C=O) groups is 1. The number of nitrogens with one attached hydrogen (secondary N) is 1. The van der Waals surface area contributed by atoms with Crippen molar-refractivity contribution < 1.29 is 4.79 Å². The van der Waals surface area contributed by atoms with Crippen LogP contribution in [0.4, 0.5) is 11.6 Å². The Morgan fingerprint density at radius 3 is 2.81 bits per heavy atom. The van der Waals surface area contributed by atoms with Gasteiger partial charge in [-0.1, -0.05) is 0 Å². The quantitative estimate of drug-likeness (QED) is 0.737. The Bertz CT molecular complexity index is 500. The summed E-state index contributed by atoms with van der Waals surface area (Å²) in [6.45, 7) is 0. The topological polar surface area (TPSA) is 107 Å². The van der Waals surface area contributed by atoms with E-state index in [4.69, 9.17) is 5.73 Å². The van der Waals surface area contributed by atoms with Crippen molar-refractivity contribution in [2.45, 2.75) is 0 Å². The minimum atomic E-state index is -0.430. The van der Waals surface area contributed by atoms with E-state index in [0.29, 0.717) is 5.69 Å². The molecule has 0 bridgehead atoms. The molecule has 0 atom stereocenters. The van der Waals surface area contributed by atoms with Crippen LogP contribution in [0.2, 0.25) is 0 Å². The first-order valence-electron chi connectivity index (χ1n) is 4.42. The lowest BCUT2D eigenvalue weighted by atomic mass is 10.3. The summed E-state index contributed by atoms with van der Waals surface area (Å²) in [6.07, 6.45) is 4.29. The molecular formula is C9H8N6O. The van der Waals surface area contributed by atoms with Crippen molar-refractivity contribution in [3.05, 3.63) is 36.4 Å². The first-order chi connectivity index (χ1) is 7.75. The molecule has 3 N–H and O–H groups in total. The van der Waals surface area contributed by atoms with Gasteiger partial charge in [-0.05, 0) is 12.1 Å². The average molecular weight is 216 g/mol. The lowest BCUT2D eigenvalue weighted by Crippen LogP contribution is -2.16. The first-order valence-corrected chi connectivity index (χ1v) is 4.42. The minimum Gasteiger partial charge on any atom is -0.399 e. The maximum Gasteiger partial charge on any atom is 0.276 e. The van der Waals surface area contributed by atoms with Gasteiger partial charge in [0.25, 0.3) is 5.91 Å². The standard InChI is InChI=1S/C9H8N6O/c10-6-1-2-11-7(5-6)8(16)14-9-12-3-4-13-15-9/h1-5H,(H2,10,11)(H,12,14,15,16). The second kappa shape index (κ2) is 4.30. The number of anilines is 2. The van der Waals surface area contributed by atoms with Crippen molar-refractivity contribution >= 4 is 17.5 Å². The fourth-order valence-corrected chi connectivity index (χ4v) is 1.04. The van der Waals surface area contributed by atoms with Gasteiger partial charge >= 0.3 is 0 Å². The van der Waals surface area contributed by atoms with Gasteiger partial charge in [-0.2, -0.15) is 5.10 Å². The highest BCUT2D eigenvalue weighted by atomic mass is 16.2. The number of aromatic nitrogens is 4. The molecule has 0 radical (unpaired) electrons. The van der Waals surface area contributed by atoms with Crippen LogP contribution in [-0.4, -0.2) is 26.1 Å². The number of nitrogens with two attached hydrogens (primary N) is 1. The molecule has 80 valence electrons. The summed E-state index contributed by atoms with van der Waals surface area (Å²) < 4.78 is 0. The molecule has 0 spiro atoms. The lowest BCUT2D eigenvalue weighted by Gasteiger charge is -2.01. The largest absolute Gasteiger partial charge is 0.399 e. The Hall–Kier alpha value is -2.57. The monoisotopic (exact) mass is 216 g/mol. The van der Waals surface area contributed by atoms with E-state index >= 15 is 0 Å². The Kier molecular flexibility index (Phi) is 2.68. The second-order valence-corrected chi connectivity index (χ2v) is 2.89. The molecule has 2 heterocycles. The third-order valence-electron chi connectivity index (χ3n) is 1.72. The van der Waals surface area contributed by atoms with E-state index in [2.05, 4.69) is 25.5 Å². The molecule has 0 aliphatic heterocycles. The van der Waals surface area contributed by atoms with Crippen LogP contribution in [-0.2, 0) is 0 Å². The van der Waals surface area contributed by atoms with Gasteiger partial charge in [-0.3, -0.25) is 15.1 Å². The van der Waals surface area contributed by atoms with E-state index < -0.39 is 5.91 Å². The molecule has 0 saturated carbocycles. The van der Waals surface area contributed by atoms with Crippen LogP contribution in [0.3, 0.4) is 0 Å². The van der Waals surface area contributed by atoms with Gasteiger partial charge in [0.15, 0.2) is 0 Å². The van der Waals surface area contributed by atoms with Crippen LogP contribution < -0.4 is 11.1 Å². The molecule has 16 heavy (non-hydrogen) atoms. The van der Waals surface area contributed by atoms with E-state index in [1.807, 2.05) is 0 Å². The van der Waals surface area contributed by atoms with Gasteiger partial charge in [0.1, 0.15) is 5.69 Å².